The molecule has 0 atom stereocenters. The number of pyridine rings is 1. The van der Waals surface area contributed by atoms with Crippen LogP contribution in [0.25, 0.3) is 0 Å². The van der Waals surface area contributed by atoms with E-state index in [2.05, 4.69) is 32.9 Å². The van der Waals surface area contributed by atoms with Crippen molar-refractivity contribution >= 4 is 17.6 Å². The maximum Gasteiger partial charge on any atom is 0.284 e. The van der Waals surface area contributed by atoms with Gasteiger partial charge in [-0.05, 0) is 61.9 Å². The average molecular weight is 288 g/mol. The summed E-state index contributed by atoms with van der Waals surface area (Å²) in [6.07, 6.45) is 0.865. The molecular weight excluding hydrogens is 268 g/mol. The molecule has 0 aliphatic rings. The van der Waals surface area contributed by atoms with Gasteiger partial charge >= 0.3 is 0 Å². The Kier molecular flexibility index (Phi) is 4.23. The maximum absolute atomic E-state index is 12.3. The lowest BCUT2D eigenvalue weighted by Crippen LogP contribution is -2.22. The highest BCUT2D eigenvalue weighted by Crippen LogP contribution is 2.28. The standard InChI is InChI=1S/C16H20N2OS/c1-5-13-9-14(17)16(19)18(12(13)4)20-15-10(2)7-6-8-11(15)3/h6-9H,5,17H2,1-4H3. The van der Waals surface area contributed by atoms with E-state index in [-0.39, 0.29) is 5.56 Å². The molecular formula is C16H20N2OS. The van der Waals surface area contributed by atoms with Gasteiger partial charge in [0.2, 0.25) is 0 Å². The fourth-order valence-corrected chi connectivity index (χ4v) is 3.31. The Morgan fingerprint density at radius 1 is 1.20 bits per heavy atom. The topological polar surface area (TPSA) is 48.0 Å². The summed E-state index contributed by atoms with van der Waals surface area (Å²) in [5.74, 6) is 0. The van der Waals surface area contributed by atoms with Crippen molar-refractivity contribution < 1.29 is 0 Å². The number of aromatic nitrogens is 1. The zero-order valence-electron chi connectivity index (χ0n) is 12.4. The van der Waals surface area contributed by atoms with Gasteiger partial charge in [-0.25, -0.2) is 3.97 Å². The van der Waals surface area contributed by atoms with E-state index in [1.807, 2.05) is 13.0 Å². The lowest BCUT2D eigenvalue weighted by Gasteiger charge is -2.16. The van der Waals surface area contributed by atoms with Crippen molar-refractivity contribution in [3.8, 4) is 0 Å². The molecule has 2 N–H and O–H groups in total. The molecule has 1 heterocycles. The zero-order chi connectivity index (χ0) is 14.9. The van der Waals surface area contributed by atoms with Gasteiger partial charge in [0.1, 0.15) is 0 Å². The van der Waals surface area contributed by atoms with E-state index in [1.54, 1.807) is 10.0 Å². The summed E-state index contributed by atoms with van der Waals surface area (Å²) in [7, 11) is 0. The second kappa shape index (κ2) is 5.75. The molecule has 0 aliphatic heterocycles. The van der Waals surface area contributed by atoms with Gasteiger partial charge in [-0.15, -0.1) is 0 Å². The molecule has 20 heavy (non-hydrogen) atoms. The summed E-state index contributed by atoms with van der Waals surface area (Å²) >= 11 is 1.46. The molecule has 1 aromatic carbocycles. The van der Waals surface area contributed by atoms with Gasteiger partial charge in [-0.1, -0.05) is 25.1 Å². The molecule has 2 rings (SSSR count). The van der Waals surface area contributed by atoms with Crippen LogP contribution in [0.1, 0.15) is 29.3 Å². The van der Waals surface area contributed by atoms with Crippen LogP contribution >= 0.6 is 11.9 Å². The smallest absolute Gasteiger partial charge is 0.284 e. The van der Waals surface area contributed by atoms with Gasteiger partial charge < -0.3 is 5.73 Å². The van der Waals surface area contributed by atoms with Gasteiger partial charge in [-0.2, -0.15) is 0 Å². The van der Waals surface area contributed by atoms with E-state index in [1.165, 1.54) is 23.1 Å². The molecule has 0 aliphatic carbocycles. The van der Waals surface area contributed by atoms with Gasteiger partial charge in [0, 0.05) is 10.6 Å². The van der Waals surface area contributed by atoms with E-state index in [0.29, 0.717) is 5.69 Å². The largest absolute Gasteiger partial charge is 0.394 e. The van der Waals surface area contributed by atoms with Gasteiger partial charge in [0.15, 0.2) is 0 Å². The summed E-state index contributed by atoms with van der Waals surface area (Å²) in [5.41, 5.74) is 10.4. The zero-order valence-corrected chi connectivity index (χ0v) is 13.2. The summed E-state index contributed by atoms with van der Waals surface area (Å²) in [4.78, 5) is 13.4. The first kappa shape index (κ1) is 14.7. The van der Waals surface area contributed by atoms with E-state index in [9.17, 15) is 4.79 Å². The summed E-state index contributed by atoms with van der Waals surface area (Å²) in [6.45, 7) is 8.16. The van der Waals surface area contributed by atoms with Crippen LogP contribution in [-0.2, 0) is 6.42 Å². The molecule has 0 amide bonds. The first-order chi connectivity index (χ1) is 9.45. The third-order valence-electron chi connectivity index (χ3n) is 3.50. The fraction of sp³-hybridized carbons (Fsp3) is 0.312. The minimum atomic E-state index is -0.132. The Balaban J connectivity index is 2.60. The van der Waals surface area contributed by atoms with Crippen LogP contribution in [0.3, 0.4) is 0 Å². The molecule has 0 fully saturated rings. The number of nitrogen functional groups attached to an aromatic ring is 1. The number of benzene rings is 1. The van der Waals surface area contributed by atoms with E-state index in [4.69, 9.17) is 5.73 Å². The van der Waals surface area contributed by atoms with E-state index >= 15 is 0 Å². The summed E-state index contributed by atoms with van der Waals surface area (Å²) in [6, 6.07) is 7.94. The Morgan fingerprint density at radius 3 is 2.35 bits per heavy atom. The number of aryl methyl sites for hydroxylation is 3. The molecule has 0 unspecified atom stereocenters. The highest BCUT2D eigenvalue weighted by Gasteiger charge is 2.12. The Labute approximate surface area is 124 Å². The Bertz CT molecular complexity index is 684. The number of rotatable bonds is 3. The molecule has 0 saturated heterocycles. The number of nitrogens with zero attached hydrogens (tertiary/aromatic N) is 1. The molecule has 106 valence electrons. The van der Waals surface area contributed by atoms with Gasteiger partial charge in [0.05, 0.1) is 5.69 Å². The van der Waals surface area contributed by atoms with Gasteiger partial charge in [-0.3, -0.25) is 4.79 Å². The van der Waals surface area contributed by atoms with Crippen LogP contribution in [-0.4, -0.2) is 3.97 Å². The third-order valence-corrected chi connectivity index (χ3v) is 4.95. The third kappa shape index (κ3) is 2.61. The van der Waals surface area contributed by atoms with Crippen LogP contribution in [0.4, 0.5) is 5.69 Å². The highest BCUT2D eigenvalue weighted by molar-refractivity contribution is 7.98. The monoisotopic (exact) mass is 288 g/mol. The maximum atomic E-state index is 12.3. The predicted octanol–water partition coefficient (Wildman–Crippen LogP) is 3.47. The van der Waals surface area contributed by atoms with Crippen molar-refractivity contribution in [3.05, 3.63) is 57.0 Å². The van der Waals surface area contributed by atoms with Crippen molar-refractivity contribution in [3.63, 3.8) is 0 Å². The number of hydrogen-bond acceptors (Lipinski definition) is 3. The molecule has 2 aromatic rings. The Morgan fingerprint density at radius 2 is 1.80 bits per heavy atom. The van der Waals surface area contributed by atoms with Crippen molar-refractivity contribution in [2.45, 2.75) is 39.0 Å². The average Bonchev–Trinajstić information content (AvgIpc) is 2.41. The fourth-order valence-electron chi connectivity index (χ4n) is 2.26. The van der Waals surface area contributed by atoms with Crippen LogP contribution in [0.5, 0.6) is 0 Å². The van der Waals surface area contributed by atoms with Crippen molar-refractivity contribution in [2.24, 2.45) is 0 Å². The van der Waals surface area contributed by atoms with Crippen molar-refractivity contribution in [2.75, 3.05) is 5.73 Å². The Hall–Kier alpha value is -1.68. The van der Waals surface area contributed by atoms with E-state index < -0.39 is 0 Å². The molecule has 0 radical (unpaired) electrons. The molecule has 0 bridgehead atoms. The number of nitrogens with two attached hydrogens (primary N) is 1. The van der Waals surface area contributed by atoms with Crippen molar-refractivity contribution in [1.82, 2.24) is 3.97 Å². The predicted molar refractivity (Wildman–Crippen MR) is 86.4 cm³/mol. The normalized spacial score (nSPS) is 10.8. The van der Waals surface area contributed by atoms with Crippen LogP contribution < -0.4 is 11.3 Å². The highest BCUT2D eigenvalue weighted by atomic mass is 32.2. The van der Waals surface area contributed by atoms with Crippen LogP contribution in [0.15, 0.2) is 34.0 Å². The summed E-state index contributed by atoms with van der Waals surface area (Å²) < 4.78 is 1.71. The second-order valence-electron chi connectivity index (χ2n) is 4.98. The SMILES string of the molecule is CCc1cc(N)c(=O)n(Sc2c(C)cccc2C)c1C. The second-order valence-corrected chi connectivity index (χ2v) is 5.93. The van der Waals surface area contributed by atoms with E-state index in [0.717, 1.165) is 22.6 Å². The van der Waals surface area contributed by atoms with Crippen molar-refractivity contribution in [1.29, 1.82) is 0 Å². The summed E-state index contributed by atoms with van der Waals surface area (Å²) in [5, 5.41) is 0. The first-order valence-corrected chi connectivity index (χ1v) is 7.48. The minimum absolute atomic E-state index is 0.132. The first-order valence-electron chi connectivity index (χ1n) is 6.71. The minimum Gasteiger partial charge on any atom is -0.394 e. The number of hydrogen-bond donors (Lipinski definition) is 1. The quantitative estimate of drug-likeness (QED) is 0.940. The molecule has 1 aromatic heterocycles. The van der Waals surface area contributed by atoms with Gasteiger partial charge in [0.25, 0.3) is 5.56 Å². The van der Waals surface area contributed by atoms with Crippen LogP contribution in [0, 0.1) is 20.8 Å². The molecule has 0 saturated carbocycles. The molecule has 3 nitrogen and oxygen atoms in total. The lowest BCUT2D eigenvalue weighted by molar-refractivity contribution is 0.986. The molecule has 4 heteroatoms. The number of anilines is 1. The lowest BCUT2D eigenvalue weighted by atomic mass is 10.1. The van der Waals surface area contributed by atoms with Crippen LogP contribution in [0.2, 0.25) is 0 Å². The molecule has 0 spiro atoms.